The molecule has 0 unspecified atom stereocenters. The van der Waals surface area contributed by atoms with Crippen molar-refractivity contribution < 1.29 is 9.72 Å². The number of aromatic nitrogens is 3. The second kappa shape index (κ2) is 9.89. The van der Waals surface area contributed by atoms with E-state index < -0.39 is 4.92 Å². The summed E-state index contributed by atoms with van der Waals surface area (Å²) in [5, 5.41) is 23.1. The van der Waals surface area contributed by atoms with Crippen LogP contribution in [0.4, 0.5) is 11.4 Å². The summed E-state index contributed by atoms with van der Waals surface area (Å²) < 4.78 is 2.02. The number of allylic oxidation sites excluding steroid dienone is 1. The predicted octanol–water partition coefficient (Wildman–Crippen LogP) is 4.80. The minimum absolute atomic E-state index is 0.0823. The van der Waals surface area contributed by atoms with Crippen LogP contribution in [0.5, 0.6) is 0 Å². The highest BCUT2D eigenvalue weighted by Gasteiger charge is 2.23. The lowest BCUT2D eigenvalue weighted by atomic mass is 9.89. The first-order valence-electron chi connectivity index (χ1n) is 9.40. The van der Waals surface area contributed by atoms with Crippen LogP contribution in [-0.4, -0.2) is 31.3 Å². The maximum Gasteiger partial charge on any atom is 0.271 e. The molecule has 1 heterocycles. The number of hydrogen-bond donors (Lipinski definition) is 1. The van der Waals surface area contributed by atoms with Gasteiger partial charge < -0.3 is 9.88 Å². The molecule has 0 atom stereocenters. The van der Waals surface area contributed by atoms with Crippen LogP contribution in [0.15, 0.2) is 36.0 Å². The highest BCUT2D eigenvalue weighted by atomic mass is 35.5. The Morgan fingerprint density at radius 1 is 1.38 bits per heavy atom. The molecule has 8 nitrogen and oxygen atoms in total. The van der Waals surface area contributed by atoms with Gasteiger partial charge in [0.25, 0.3) is 5.69 Å². The van der Waals surface area contributed by atoms with Gasteiger partial charge in [-0.05, 0) is 18.9 Å². The van der Waals surface area contributed by atoms with Gasteiger partial charge in [0.15, 0.2) is 5.16 Å². The summed E-state index contributed by atoms with van der Waals surface area (Å²) in [6.07, 6.45) is 7.65. The molecule has 1 N–H and O–H groups in total. The number of hydrogen-bond acceptors (Lipinski definition) is 6. The van der Waals surface area contributed by atoms with E-state index in [2.05, 4.69) is 22.1 Å². The summed E-state index contributed by atoms with van der Waals surface area (Å²) in [7, 11) is 0. The molecule has 29 heavy (non-hydrogen) atoms. The lowest BCUT2D eigenvalue weighted by Crippen LogP contribution is -2.16. The lowest BCUT2D eigenvalue weighted by Gasteiger charge is -2.21. The number of nitrogens with one attached hydrogen (secondary N) is 1. The van der Waals surface area contributed by atoms with E-state index in [1.54, 1.807) is 6.08 Å². The highest BCUT2D eigenvalue weighted by molar-refractivity contribution is 7.99. The van der Waals surface area contributed by atoms with Crippen molar-refractivity contribution in [2.45, 2.75) is 49.7 Å². The number of carbonyl (C=O) groups is 1. The number of benzene rings is 1. The molecule has 0 bridgehead atoms. The number of amides is 1. The summed E-state index contributed by atoms with van der Waals surface area (Å²) in [4.78, 5) is 22.7. The third-order valence-corrected chi connectivity index (χ3v) is 6.09. The molecule has 1 aromatic heterocycles. The molecule has 0 saturated heterocycles. The van der Waals surface area contributed by atoms with Crippen molar-refractivity contribution in [1.82, 2.24) is 14.8 Å². The van der Waals surface area contributed by atoms with Crippen LogP contribution < -0.4 is 5.32 Å². The first kappa shape index (κ1) is 21.3. The molecular weight excluding hydrogens is 414 g/mol. The fourth-order valence-corrected chi connectivity index (χ4v) is 4.33. The molecule has 2 aromatic rings. The average Bonchev–Trinajstić information content (AvgIpc) is 3.11. The van der Waals surface area contributed by atoms with Gasteiger partial charge in [0.2, 0.25) is 5.91 Å². The predicted molar refractivity (Wildman–Crippen MR) is 114 cm³/mol. The Morgan fingerprint density at radius 3 is 2.83 bits per heavy atom. The van der Waals surface area contributed by atoms with E-state index in [1.807, 2.05) is 4.57 Å². The van der Waals surface area contributed by atoms with Crippen molar-refractivity contribution in [2.24, 2.45) is 0 Å². The smallest absolute Gasteiger partial charge is 0.271 e. The summed E-state index contributed by atoms with van der Waals surface area (Å²) in [5.41, 5.74) is 0.0714. The monoisotopic (exact) mass is 435 g/mol. The van der Waals surface area contributed by atoms with Crippen LogP contribution in [0.1, 0.15) is 43.8 Å². The average molecular weight is 436 g/mol. The second-order valence-electron chi connectivity index (χ2n) is 6.83. The number of thioether (sulfide) groups is 1. The molecule has 1 aliphatic rings. The zero-order valence-electron chi connectivity index (χ0n) is 15.8. The maximum absolute atomic E-state index is 12.4. The summed E-state index contributed by atoms with van der Waals surface area (Å²) in [6.45, 7) is 4.39. The third-order valence-electron chi connectivity index (χ3n) is 4.79. The number of rotatable bonds is 8. The van der Waals surface area contributed by atoms with Crippen LogP contribution >= 0.6 is 23.4 Å². The van der Waals surface area contributed by atoms with Crippen molar-refractivity contribution in [3.63, 3.8) is 0 Å². The Morgan fingerprint density at radius 2 is 2.14 bits per heavy atom. The van der Waals surface area contributed by atoms with Gasteiger partial charge in [0, 0.05) is 24.6 Å². The zero-order chi connectivity index (χ0) is 20.8. The number of nitrogens with zero attached hydrogens (tertiary/aromatic N) is 4. The molecule has 1 aliphatic carbocycles. The van der Waals surface area contributed by atoms with Gasteiger partial charge in [0.1, 0.15) is 5.82 Å². The minimum Gasteiger partial charge on any atom is -0.324 e. The first-order valence-corrected chi connectivity index (χ1v) is 10.8. The first-order chi connectivity index (χ1) is 14.0. The van der Waals surface area contributed by atoms with E-state index in [-0.39, 0.29) is 28.1 Å². The van der Waals surface area contributed by atoms with Gasteiger partial charge >= 0.3 is 0 Å². The number of nitro groups is 1. The molecular formula is C19H22ClN5O3S. The normalized spacial score (nSPS) is 14.5. The molecule has 0 radical (unpaired) electrons. The van der Waals surface area contributed by atoms with Crippen LogP contribution in [0.3, 0.4) is 0 Å². The molecule has 1 aromatic carbocycles. The Bertz CT molecular complexity index is 911. The molecule has 10 heteroatoms. The molecule has 0 aliphatic heterocycles. The Balaban J connectivity index is 1.67. The van der Waals surface area contributed by atoms with Crippen LogP contribution in [0, 0.1) is 10.1 Å². The third kappa shape index (κ3) is 5.36. The molecule has 0 spiro atoms. The second-order valence-corrected chi connectivity index (χ2v) is 8.18. The molecule has 1 fully saturated rings. The van der Waals surface area contributed by atoms with Crippen molar-refractivity contribution in [2.75, 3.05) is 11.1 Å². The molecule has 1 amide bonds. The van der Waals surface area contributed by atoms with Crippen molar-refractivity contribution >= 4 is 40.6 Å². The number of non-ortho nitro benzene ring substituents is 1. The maximum atomic E-state index is 12.4. The van der Waals surface area contributed by atoms with E-state index in [4.69, 9.17) is 11.6 Å². The van der Waals surface area contributed by atoms with E-state index in [9.17, 15) is 14.9 Å². The number of anilines is 1. The quantitative estimate of drug-likeness (QED) is 0.276. The molecule has 3 rings (SSSR count). The fraction of sp³-hybridized carbons (Fsp3) is 0.421. The minimum atomic E-state index is -0.536. The fourth-order valence-electron chi connectivity index (χ4n) is 3.41. The standard InChI is InChI=1S/C19H22ClN5O3S/c1-2-10-24-18(13-6-4-3-5-7-13)22-23-19(24)29-12-17(26)21-16-11-14(25(27)28)8-9-15(16)20/h2,8-9,11,13H,1,3-7,10,12H2,(H,21,26). The van der Waals surface area contributed by atoms with E-state index in [1.165, 1.54) is 49.2 Å². The highest BCUT2D eigenvalue weighted by Crippen LogP contribution is 2.33. The van der Waals surface area contributed by atoms with Gasteiger partial charge in [-0.15, -0.1) is 16.8 Å². The van der Waals surface area contributed by atoms with Gasteiger partial charge in [-0.1, -0.05) is 48.7 Å². The van der Waals surface area contributed by atoms with Crippen molar-refractivity contribution in [1.29, 1.82) is 0 Å². The van der Waals surface area contributed by atoms with Crippen LogP contribution in [0.25, 0.3) is 0 Å². The number of halogens is 1. The topological polar surface area (TPSA) is 103 Å². The van der Waals surface area contributed by atoms with Gasteiger partial charge in [0.05, 0.1) is 21.4 Å². The van der Waals surface area contributed by atoms with Crippen molar-refractivity contribution in [3.05, 3.63) is 51.8 Å². The summed E-state index contributed by atoms with van der Waals surface area (Å²) >= 11 is 7.30. The Kier molecular flexibility index (Phi) is 7.27. The Labute approximate surface area is 177 Å². The Hall–Kier alpha value is -2.39. The SMILES string of the molecule is C=CCn1c(SCC(=O)Nc2cc([N+](=O)[O-])ccc2Cl)nnc1C1CCCCC1. The summed E-state index contributed by atoms with van der Waals surface area (Å²) in [5.74, 6) is 1.10. The molecule has 154 valence electrons. The summed E-state index contributed by atoms with van der Waals surface area (Å²) in [6, 6.07) is 3.92. The largest absolute Gasteiger partial charge is 0.324 e. The van der Waals surface area contributed by atoms with E-state index in [0.29, 0.717) is 17.6 Å². The van der Waals surface area contributed by atoms with Crippen LogP contribution in [-0.2, 0) is 11.3 Å². The molecule has 1 saturated carbocycles. The van der Waals surface area contributed by atoms with Crippen molar-refractivity contribution in [3.8, 4) is 0 Å². The van der Waals surface area contributed by atoms with Gasteiger partial charge in [-0.2, -0.15) is 0 Å². The lowest BCUT2D eigenvalue weighted by molar-refractivity contribution is -0.384. The zero-order valence-corrected chi connectivity index (χ0v) is 17.4. The van der Waals surface area contributed by atoms with Gasteiger partial charge in [-0.3, -0.25) is 14.9 Å². The van der Waals surface area contributed by atoms with Gasteiger partial charge in [-0.25, -0.2) is 0 Å². The van der Waals surface area contributed by atoms with Crippen LogP contribution in [0.2, 0.25) is 5.02 Å². The number of carbonyl (C=O) groups excluding carboxylic acids is 1. The number of nitro benzene ring substituents is 1. The van der Waals surface area contributed by atoms with E-state index in [0.717, 1.165) is 18.7 Å². The van der Waals surface area contributed by atoms with E-state index >= 15 is 0 Å².